The number of hydrogen-bond donors (Lipinski definition) is 2. The molecule has 0 aliphatic rings. The van der Waals surface area contributed by atoms with Crippen LogP contribution in [0.25, 0.3) is 0 Å². The summed E-state index contributed by atoms with van der Waals surface area (Å²) < 4.78 is 28.7. The molecule has 0 atom stereocenters. The largest absolute Gasteiger partial charge is 0.310 e. The van der Waals surface area contributed by atoms with E-state index in [-0.39, 0.29) is 6.54 Å². The summed E-state index contributed by atoms with van der Waals surface area (Å²) in [4.78, 5) is 3.98. The van der Waals surface area contributed by atoms with Gasteiger partial charge >= 0.3 is 0 Å². The van der Waals surface area contributed by atoms with E-state index in [0.29, 0.717) is 22.6 Å². The van der Waals surface area contributed by atoms with Gasteiger partial charge < -0.3 is 5.32 Å². The SMILES string of the molecule is CC(C)NCc1csc(S(=O)(=O)NCc2ncn(C)n2)c1. The lowest BCUT2D eigenvalue weighted by Gasteiger charge is -2.05. The molecule has 0 aliphatic carbocycles. The highest BCUT2D eigenvalue weighted by Gasteiger charge is 2.17. The number of sulfonamides is 1. The summed E-state index contributed by atoms with van der Waals surface area (Å²) in [5.41, 5.74) is 0.963. The highest BCUT2D eigenvalue weighted by molar-refractivity contribution is 7.91. The fraction of sp³-hybridized carbons (Fsp3) is 0.500. The average Bonchev–Trinajstić information content (AvgIpc) is 3.03. The quantitative estimate of drug-likeness (QED) is 0.786. The van der Waals surface area contributed by atoms with E-state index >= 15 is 0 Å². The molecular formula is C12H19N5O2S2. The number of hydrogen-bond acceptors (Lipinski definition) is 6. The van der Waals surface area contributed by atoms with Gasteiger partial charge in [-0.2, -0.15) is 5.10 Å². The second-order valence-corrected chi connectivity index (χ2v) is 7.87. The van der Waals surface area contributed by atoms with Crippen molar-refractivity contribution in [1.82, 2.24) is 24.8 Å². The van der Waals surface area contributed by atoms with Gasteiger partial charge in [0.1, 0.15) is 10.5 Å². The molecule has 116 valence electrons. The zero-order valence-electron chi connectivity index (χ0n) is 12.2. The van der Waals surface area contributed by atoms with Gasteiger partial charge in [-0.25, -0.2) is 18.1 Å². The Labute approximate surface area is 128 Å². The van der Waals surface area contributed by atoms with E-state index in [4.69, 9.17) is 0 Å². The molecule has 2 heterocycles. The summed E-state index contributed by atoms with van der Waals surface area (Å²) >= 11 is 1.21. The van der Waals surface area contributed by atoms with Crippen molar-refractivity contribution in [3.8, 4) is 0 Å². The smallest absolute Gasteiger partial charge is 0.250 e. The third kappa shape index (κ3) is 4.60. The third-order valence-electron chi connectivity index (χ3n) is 2.68. The number of rotatable bonds is 7. The Bertz CT molecular complexity index is 690. The van der Waals surface area contributed by atoms with E-state index in [1.807, 2.05) is 19.2 Å². The molecule has 2 N–H and O–H groups in total. The van der Waals surface area contributed by atoms with E-state index in [1.165, 1.54) is 22.3 Å². The number of nitrogens with zero attached hydrogens (tertiary/aromatic N) is 3. The second-order valence-electron chi connectivity index (χ2n) is 4.97. The summed E-state index contributed by atoms with van der Waals surface area (Å²) in [6, 6.07) is 2.05. The van der Waals surface area contributed by atoms with Gasteiger partial charge in [0, 0.05) is 19.6 Å². The van der Waals surface area contributed by atoms with Gasteiger partial charge in [0.2, 0.25) is 10.0 Å². The number of nitrogens with one attached hydrogen (secondary N) is 2. The second kappa shape index (κ2) is 6.65. The monoisotopic (exact) mass is 329 g/mol. The van der Waals surface area contributed by atoms with Crippen molar-refractivity contribution in [2.24, 2.45) is 7.05 Å². The molecule has 0 aromatic carbocycles. The molecule has 0 saturated heterocycles. The number of aryl methyl sites for hydroxylation is 1. The predicted octanol–water partition coefficient (Wildman–Crippen LogP) is 0.853. The minimum Gasteiger partial charge on any atom is -0.310 e. The fourth-order valence-electron chi connectivity index (χ4n) is 1.60. The van der Waals surface area contributed by atoms with Gasteiger partial charge in [-0.05, 0) is 17.0 Å². The summed E-state index contributed by atoms with van der Waals surface area (Å²) in [6.45, 7) is 4.84. The summed E-state index contributed by atoms with van der Waals surface area (Å²) in [5, 5.41) is 9.14. The van der Waals surface area contributed by atoms with Crippen LogP contribution in [0.2, 0.25) is 0 Å². The average molecular weight is 329 g/mol. The molecule has 0 unspecified atom stereocenters. The first-order chi connectivity index (χ1) is 9.87. The molecule has 9 heteroatoms. The number of aromatic nitrogens is 3. The summed E-state index contributed by atoms with van der Waals surface area (Å²) in [6.07, 6.45) is 1.53. The minimum absolute atomic E-state index is 0.0840. The molecule has 2 aromatic rings. The molecule has 0 amide bonds. The highest BCUT2D eigenvalue weighted by Crippen LogP contribution is 2.20. The maximum atomic E-state index is 12.2. The maximum Gasteiger partial charge on any atom is 0.250 e. The molecule has 21 heavy (non-hydrogen) atoms. The lowest BCUT2D eigenvalue weighted by molar-refractivity contribution is 0.579. The predicted molar refractivity (Wildman–Crippen MR) is 81.3 cm³/mol. The highest BCUT2D eigenvalue weighted by atomic mass is 32.2. The first-order valence-electron chi connectivity index (χ1n) is 6.52. The lowest BCUT2D eigenvalue weighted by atomic mass is 10.3. The molecule has 0 spiro atoms. The Hall–Kier alpha value is -1.29. The van der Waals surface area contributed by atoms with Crippen LogP contribution in [0.5, 0.6) is 0 Å². The maximum absolute atomic E-state index is 12.2. The standard InChI is InChI=1S/C12H19N5O2S2/c1-9(2)13-5-10-4-12(20-7-10)21(18,19)15-6-11-14-8-17(3)16-11/h4,7-9,13,15H,5-6H2,1-3H3. The normalized spacial score (nSPS) is 12.2. The fourth-order valence-corrected chi connectivity index (χ4v) is 3.84. The van der Waals surface area contributed by atoms with Crippen LogP contribution in [0, 0.1) is 0 Å². The molecule has 0 saturated carbocycles. The zero-order valence-corrected chi connectivity index (χ0v) is 13.8. The van der Waals surface area contributed by atoms with E-state index in [9.17, 15) is 8.42 Å². The first kappa shape index (κ1) is 16.1. The lowest BCUT2D eigenvalue weighted by Crippen LogP contribution is -2.23. The Morgan fingerprint density at radius 2 is 2.14 bits per heavy atom. The van der Waals surface area contributed by atoms with Crippen LogP contribution in [-0.2, 0) is 30.2 Å². The van der Waals surface area contributed by atoms with Gasteiger partial charge in [0.25, 0.3) is 0 Å². The summed E-state index contributed by atoms with van der Waals surface area (Å²) in [5.74, 6) is 0.444. The van der Waals surface area contributed by atoms with Crippen LogP contribution in [0.15, 0.2) is 22.0 Å². The van der Waals surface area contributed by atoms with E-state index in [1.54, 1.807) is 13.1 Å². The molecule has 0 bridgehead atoms. The topological polar surface area (TPSA) is 88.9 Å². The van der Waals surface area contributed by atoms with Gasteiger partial charge in [-0.15, -0.1) is 11.3 Å². The van der Waals surface area contributed by atoms with Crippen LogP contribution in [-0.4, -0.2) is 29.2 Å². The molecule has 0 radical (unpaired) electrons. The van der Waals surface area contributed by atoms with Gasteiger partial charge in [0.05, 0.1) is 6.54 Å². The number of thiophene rings is 1. The molecule has 0 aliphatic heterocycles. The molecule has 2 rings (SSSR count). The van der Waals surface area contributed by atoms with E-state index in [0.717, 1.165) is 5.56 Å². The van der Waals surface area contributed by atoms with Crippen LogP contribution < -0.4 is 10.0 Å². The van der Waals surface area contributed by atoms with Crippen molar-refractivity contribution in [2.75, 3.05) is 0 Å². The Balaban J connectivity index is 1.99. The molecule has 7 nitrogen and oxygen atoms in total. The molecule has 0 fully saturated rings. The minimum atomic E-state index is -3.52. The van der Waals surface area contributed by atoms with Crippen molar-refractivity contribution in [3.05, 3.63) is 29.2 Å². The Kier molecular flexibility index (Phi) is 5.09. The van der Waals surface area contributed by atoms with Crippen molar-refractivity contribution in [3.63, 3.8) is 0 Å². The van der Waals surface area contributed by atoms with E-state index in [2.05, 4.69) is 20.1 Å². The Morgan fingerprint density at radius 3 is 2.76 bits per heavy atom. The van der Waals surface area contributed by atoms with Crippen LogP contribution in [0.4, 0.5) is 0 Å². The molecular weight excluding hydrogens is 310 g/mol. The van der Waals surface area contributed by atoms with Gasteiger partial charge in [-0.1, -0.05) is 13.8 Å². The van der Waals surface area contributed by atoms with E-state index < -0.39 is 10.0 Å². The Morgan fingerprint density at radius 1 is 1.38 bits per heavy atom. The van der Waals surface area contributed by atoms with Crippen molar-refractivity contribution in [1.29, 1.82) is 0 Å². The molecule has 2 aromatic heterocycles. The van der Waals surface area contributed by atoms with Crippen molar-refractivity contribution >= 4 is 21.4 Å². The summed E-state index contributed by atoms with van der Waals surface area (Å²) in [7, 11) is -1.78. The van der Waals surface area contributed by atoms with Crippen molar-refractivity contribution in [2.45, 2.75) is 37.2 Å². The van der Waals surface area contributed by atoms with Crippen LogP contribution in [0.1, 0.15) is 25.2 Å². The van der Waals surface area contributed by atoms with Crippen molar-refractivity contribution < 1.29 is 8.42 Å². The van der Waals surface area contributed by atoms with Crippen LogP contribution in [0.3, 0.4) is 0 Å². The van der Waals surface area contributed by atoms with Gasteiger partial charge in [0.15, 0.2) is 5.82 Å². The third-order valence-corrected chi connectivity index (χ3v) is 5.57. The zero-order chi connectivity index (χ0) is 15.5. The van der Waals surface area contributed by atoms with Gasteiger partial charge in [-0.3, -0.25) is 4.68 Å². The first-order valence-corrected chi connectivity index (χ1v) is 8.88. The van der Waals surface area contributed by atoms with Crippen LogP contribution >= 0.6 is 11.3 Å².